The monoisotopic (exact) mass is 307 g/mol. The summed E-state index contributed by atoms with van der Waals surface area (Å²) in [6.07, 6.45) is 0. The lowest BCUT2D eigenvalue weighted by Crippen LogP contribution is -2.51. The number of carbonyl (C=O) groups is 2. The van der Waals surface area contributed by atoms with Gasteiger partial charge in [0, 0.05) is 45.8 Å². The molecule has 1 aliphatic rings. The highest BCUT2D eigenvalue weighted by atomic mass is 19.1. The number of piperazine rings is 1. The van der Waals surface area contributed by atoms with Crippen molar-refractivity contribution in [3.8, 4) is 0 Å². The molecular weight excluding hydrogens is 285 g/mol. The summed E-state index contributed by atoms with van der Waals surface area (Å²) in [6.45, 7) is 4.45. The van der Waals surface area contributed by atoms with Crippen LogP contribution in [0.1, 0.15) is 15.9 Å². The SMILES string of the molecule is Cc1ccc(C(=O)N2CCN(CC(=O)N(C)C)CC2)cc1F. The van der Waals surface area contributed by atoms with Gasteiger partial charge in [-0.05, 0) is 24.6 Å². The van der Waals surface area contributed by atoms with E-state index in [9.17, 15) is 14.0 Å². The van der Waals surface area contributed by atoms with E-state index in [1.807, 2.05) is 4.90 Å². The van der Waals surface area contributed by atoms with Gasteiger partial charge in [0.2, 0.25) is 5.91 Å². The Hall–Kier alpha value is -1.95. The molecule has 0 aromatic heterocycles. The van der Waals surface area contributed by atoms with Crippen LogP contribution < -0.4 is 0 Å². The lowest BCUT2D eigenvalue weighted by Gasteiger charge is -2.34. The third-order valence-corrected chi connectivity index (χ3v) is 3.94. The van der Waals surface area contributed by atoms with Gasteiger partial charge in [-0.2, -0.15) is 0 Å². The van der Waals surface area contributed by atoms with Crippen LogP contribution >= 0.6 is 0 Å². The Bertz CT molecular complexity index is 567. The molecule has 2 amide bonds. The molecule has 0 spiro atoms. The van der Waals surface area contributed by atoms with Crippen molar-refractivity contribution in [2.24, 2.45) is 0 Å². The molecule has 1 aromatic carbocycles. The number of benzene rings is 1. The first kappa shape index (κ1) is 16.4. The van der Waals surface area contributed by atoms with E-state index < -0.39 is 0 Å². The number of aryl methyl sites for hydroxylation is 1. The van der Waals surface area contributed by atoms with E-state index >= 15 is 0 Å². The topological polar surface area (TPSA) is 43.9 Å². The summed E-state index contributed by atoms with van der Waals surface area (Å²) in [5.41, 5.74) is 0.907. The van der Waals surface area contributed by atoms with E-state index in [1.165, 1.54) is 6.07 Å². The standard InChI is InChI=1S/C16H22FN3O2/c1-12-4-5-13(10-14(12)17)16(22)20-8-6-19(7-9-20)11-15(21)18(2)3/h4-5,10H,6-9,11H2,1-3H3. The summed E-state index contributed by atoms with van der Waals surface area (Å²) in [5.74, 6) is -0.459. The molecule has 1 aromatic rings. The number of rotatable bonds is 3. The van der Waals surface area contributed by atoms with E-state index in [4.69, 9.17) is 0 Å². The zero-order valence-electron chi connectivity index (χ0n) is 13.3. The van der Waals surface area contributed by atoms with Gasteiger partial charge in [-0.25, -0.2) is 4.39 Å². The van der Waals surface area contributed by atoms with Gasteiger partial charge in [0.25, 0.3) is 5.91 Å². The van der Waals surface area contributed by atoms with Crippen LogP contribution in [0, 0.1) is 12.7 Å². The van der Waals surface area contributed by atoms with Crippen LogP contribution in [0.25, 0.3) is 0 Å². The van der Waals surface area contributed by atoms with Crippen molar-refractivity contribution in [3.05, 3.63) is 35.1 Å². The van der Waals surface area contributed by atoms with Gasteiger partial charge in [-0.15, -0.1) is 0 Å². The van der Waals surface area contributed by atoms with Crippen LogP contribution in [0.15, 0.2) is 18.2 Å². The van der Waals surface area contributed by atoms with Crippen molar-refractivity contribution < 1.29 is 14.0 Å². The van der Waals surface area contributed by atoms with Crippen molar-refractivity contribution in [1.82, 2.24) is 14.7 Å². The van der Waals surface area contributed by atoms with Gasteiger partial charge in [0.15, 0.2) is 0 Å². The summed E-state index contributed by atoms with van der Waals surface area (Å²) in [5, 5.41) is 0. The lowest BCUT2D eigenvalue weighted by atomic mass is 10.1. The van der Waals surface area contributed by atoms with Crippen LogP contribution in [0.2, 0.25) is 0 Å². The minimum absolute atomic E-state index is 0.0559. The highest BCUT2D eigenvalue weighted by molar-refractivity contribution is 5.94. The number of halogens is 1. The Balaban J connectivity index is 1.92. The van der Waals surface area contributed by atoms with Crippen molar-refractivity contribution in [3.63, 3.8) is 0 Å². The first-order chi connectivity index (χ1) is 10.4. The molecule has 1 saturated heterocycles. The van der Waals surface area contributed by atoms with E-state index in [0.717, 1.165) is 0 Å². The number of amides is 2. The molecule has 0 bridgehead atoms. The van der Waals surface area contributed by atoms with Gasteiger partial charge < -0.3 is 9.80 Å². The first-order valence-electron chi connectivity index (χ1n) is 7.36. The molecule has 1 fully saturated rings. The van der Waals surface area contributed by atoms with E-state index in [-0.39, 0.29) is 17.6 Å². The van der Waals surface area contributed by atoms with Crippen LogP contribution in [0.5, 0.6) is 0 Å². The number of carbonyl (C=O) groups excluding carboxylic acids is 2. The molecule has 6 heteroatoms. The van der Waals surface area contributed by atoms with Crippen molar-refractivity contribution in [1.29, 1.82) is 0 Å². The van der Waals surface area contributed by atoms with Crippen molar-refractivity contribution in [2.45, 2.75) is 6.92 Å². The third kappa shape index (κ3) is 3.82. The smallest absolute Gasteiger partial charge is 0.254 e. The van der Waals surface area contributed by atoms with Crippen LogP contribution in [-0.2, 0) is 4.79 Å². The zero-order valence-corrected chi connectivity index (χ0v) is 13.3. The zero-order chi connectivity index (χ0) is 16.3. The fraction of sp³-hybridized carbons (Fsp3) is 0.500. The van der Waals surface area contributed by atoms with Crippen LogP contribution in [-0.4, -0.2) is 73.3 Å². The van der Waals surface area contributed by atoms with E-state index in [1.54, 1.807) is 43.0 Å². The number of hydrogen-bond acceptors (Lipinski definition) is 3. The maximum Gasteiger partial charge on any atom is 0.254 e. The maximum atomic E-state index is 13.6. The van der Waals surface area contributed by atoms with Gasteiger partial charge in [0.05, 0.1) is 6.54 Å². The fourth-order valence-corrected chi connectivity index (χ4v) is 2.35. The molecule has 22 heavy (non-hydrogen) atoms. The molecule has 120 valence electrons. The molecule has 2 rings (SSSR count). The molecule has 0 atom stereocenters. The molecule has 0 unspecified atom stereocenters. The Morgan fingerprint density at radius 1 is 1.18 bits per heavy atom. The maximum absolute atomic E-state index is 13.6. The first-order valence-corrected chi connectivity index (χ1v) is 7.36. The molecule has 0 saturated carbocycles. The lowest BCUT2D eigenvalue weighted by molar-refractivity contribution is -0.130. The third-order valence-electron chi connectivity index (χ3n) is 3.94. The molecular formula is C16H22FN3O2. The normalized spacial score (nSPS) is 15.7. The molecule has 0 radical (unpaired) electrons. The largest absolute Gasteiger partial charge is 0.348 e. The average Bonchev–Trinajstić information content (AvgIpc) is 2.50. The predicted octanol–water partition coefficient (Wildman–Crippen LogP) is 0.980. The summed E-state index contributed by atoms with van der Waals surface area (Å²) in [7, 11) is 3.46. The Morgan fingerprint density at radius 3 is 2.36 bits per heavy atom. The Labute approximate surface area is 130 Å². The predicted molar refractivity (Wildman–Crippen MR) is 82.2 cm³/mol. The summed E-state index contributed by atoms with van der Waals surface area (Å²) >= 11 is 0. The molecule has 5 nitrogen and oxygen atoms in total. The molecule has 0 aliphatic carbocycles. The second kappa shape index (κ2) is 6.87. The average molecular weight is 307 g/mol. The second-order valence-electron chi connectivity index (χ2n) is 5.82. The Kier molecular flexibility index (Phi) is 5.13. The van der Waals surface area contributed by atoms with Gasteiger partial charge in [-0.1, -0.05) is 6.07 Å². The summed E-state index contributed by atoms with van der Waals surface area (Å²) in [4.78, 5) is 29.3. The van der Waals surface area contributed by atoms with Gasteiger partial charge >= 0.3 is 0 Å². The minimum Gasteiger partial charge on any atom is -0.348 e. The van der Waals surface area contributed by atoms with Crippen molar-refractivity contribution in [2.75, 3.05) is 46.8 Å². The van der Waals surface area contributed by atoms with Crippen molar-refractivity contribution >= 4 is 11.8 Å². The summed E-state index contributed by atoms with van der Waals surface area (Å²) < 4.78 is 13.6. The number of nitrogens with zero attached hydrogens (tertiary/aromatic N) is 3. The highest BCUT2D eigenvalue weighted by Gasteiger charge is 2.24. The quantitative estimate of drug-likeness (QED) is 0.836. The second-order valence-corrected chi connectivity index (χ2v) is 5.82. The molecule has 1 aliphatic heterocycles. The van der Waals surface area contributed by atoms with Gasteiger partial charge in [-0.3, -0.25) is 14.5 Å². The van der Waals surface area contributed by atoms with E-state index in [0.29, 0.717) is 43.9 Å². The molecule has 0 N–H and O–H groups in total. The summed E-state index contributed by atoms with van der Waals surface area (Å²) in [6, 6.07) is 4.57. The Morgan fingerprint density at radius 2 is 1.82 bits per heavy atom. The van der Waals surface area contributed by atoms with Gasteiger partial charge in [0.1, 0.15) is 5.82 Å². The highest BCUT2D eigenvalue weighted by Crippen LogP contribution is 2.13. The van der Waals surface area contributed by atoms with Crippen LogP contribution in [0.4, 0.5) is 4.39 Å². The van der Waals surface area contributed by atoms with E-state index in [2.05, 4.69) is 0 Å². The number of hydrogen-bond donors (Lipinski definition) is 0. The fourth-order valence-electron chi connectivity index (χ4n) is 2.35. The number of likely N-dealkylation sites (N-methyl/N-ethyl adjacent to an activating group) is 1. The van der Waals surface area contributed by atoms with Crippen LogP contribution in [0.3, 0.4) is 0 Å². The molecule has 1 heterocycles. The minimum atomic E-state index is -0.360.